The van der Waals surface area contributed by atoms with Crippen molar-refractivity contribution in [2.75, 3.05) is 18.4 Å². The maximum Gasteiger partial charge on any atom is 0.417 e. The number of hydrogen-bond donors (Lipinski definition) is 2. The van der Waals surface area contributed by atoms with Crippen LogP contribution in [0.15, 0.2) is 36.4 Å². The van der Waals surface area contributed by atoms with Gasteiger partial charge in [0.2, 0.25) is 0 Å². The quantitative estimate of drug-likeness (QED) is 0.884. The number of fused-ring (bicyclic) bond motifs is 1. The number of halogens is 3. The number of para-hydroxylation sites is 1. The lowest BCUT2D eigenvalue weighted by Gasteiger charge is -2.29. The first-order valence-corrected chi connectivity index (χ1v) is 7.32. The summed E-state index contributed by atoms with van der Waals surface area (Å²) in [6.07, 6.45) is -4.69. The minimum absolute atomic E-state index is 0.111. The molecular formula is C17H17F3N2O. The van der Waals surface area contributed by atoms with Crippen LogP contribution in [-0.4, -0.2) is 19.2 Å². The minimum atomic E-state index is -4.43. The van der Waals surface area contributed by atoms with E-state index in [0.717, 1.165) is 6.07 Å². The second kappa shape index (κ2) is 5.77. The molecule has 3 nitrogen and oxygen atoms in total. The summed E-state index contributed by atoms with van der Waals surface area (Å²) < 4.78 is 46.0. The maximum atomic E-state index is 13.4. The van der Waals surface area contributed by atoms with Crippen LogP contribution in [0.4, 0.5) is 18.9 Å². The highest BCUT2D eigenvalue weighted by Crippen LogP contribution is 2.44. The molecule has 3 rings (SSSR count). The van der Waals surface area contributed by atoms with E-state index >= 15 is 0 Å². The number of rotatable bonds is 2. The van der Waals surface area contributed by atoms with Crippen LogP contribution in [0.5, 0.6) is 5.75 Å². The van der Waals surface area contributed by atoms with Crippen LogP contribution in [0, 0.1) is 6.92 Å². The molecule has 2 aromatic rings. The largest absolute Gasteiger partial charge is 0.484 e. The van der Waals surface area contributed by atoms with Crippen molar-refractivity contribution in [3.05, 3.63) is 47.5 Å². The Bertz CT molecular complexity index is 728. The average molecular weight is 322 g/mol. The summed E-state index contributed by atoms with van der Waals surface area (Å²) >= 11 is 0. The van der Waals surface area contributed by atoms with Gasteiger partial charge in [-0.3, -0.25) is 0 Å². The monoisotopic (exact) mass is 322 g/mol. The Balaban J connectivity index is 2.17. The normalized spacial score (nSPS) is 17.2. The van der Waals surface area contributed by atoms with E-state index in [1.165, 1.54) is 6.07 Å². The molecule has 1 heterocycles. The Kier molecular flexibility index (Phi) is 3.93. The molecular weight excluding hydrogens is 305 g/mol. The second-order valence-corrected chi connectivity index (χ2v) is 5.59. The maximum absolute atomic E-state index is 13.4. The summed E-state index contributed by atoms with van der Waals surface area (Å²) in [7, 11) is 0. The fourth-order valence-electron chi connectivity index (χ4n) is 2.71. The molecule has 1 aliphatic rings. The predicted octanol–water partition coefficient (Wildman–Crippen LogP) is 3.81. The van der Waals surface area contributed by atoms with Crippen molar-refractivity contribution in [3.63, 3.8) is 0 Å². The molecule has 1 atom stereocenters. The molecule has 0 fully saturated rings. The van der Waals surface area contributed by atoms with Crippen LogP contribution >= 0.6 is 0 Å². The molecule has 23 heavy (non-hydrogen) atoms. The number of aryl methyl sites for hydroxylation is 1. The molecule has 0 saturated heterocycles. The molecule has 122 valence electrons. The van der Waals surface area contributed by atoms with Gasteiger partial charge in [0.05, 0.1) is 17.8 Å². The minimum Gasteiger partial charge on any atom is -0.484 e. The molecule has 6 heteroatoms. The topological polar surface area (TPSA) is 47.3 Å². The Labute approximate surface area is 132 Å². The van der Waals surface area contributed by atoms with Gasteiger partial charge in [-0.2, -0.15) is 13.2 Å². The number of anilines is 1. The van der Waals surface area contributed by atoms with Gasteiger partial charge in [0.15, 0.2) is 5.75 Å². The van der Waals surface area contributed by atoms with Crippen LogP contribution in [0.3, 0.4) is 0 Å². The van der Waals surface area contributed by atoms with Crippen molar-refractivity contribution in [1.82, 2.24) is 0 Å². The first kappa shape index (κ1) is 15.7. The highest BCUT2D eigenvalue weighted by atomic mass is 19.4. The SMILES string of the molecule is Cc1ccc(-c2cccc3c2O[C@@H](CN)CN3)c(C(F)(F)F)c1. The molecule has 0 aliphatic carbocycles. The van der Waals surface area contributed by atoms with E-state index in [4.69, 9.17) is 10.5 Å². The Morgan fingerprint density at radius 3 is 2.70 bits per heavy atom. The van der Waals surface area contributed by atoms with Crippen LogP contribution in [0.25, 0.3) is 11.1 Å². The number of hydrogen-bond acceptors (Lipinski definition) is 3. The smallest absolute Gasteiger partial charge is 0.417 e. The van der Waals surface area contributed by atoms with Crippen molar-refractivity contribution >= 4 is 5.69 Å². The van der Waals surface area contributed by atoms with Crippen molar-refractivity contribution in [2.24, 2.45) is 5.73 Å². The van der Waals surface area contributed by atoms with Crippen molar-refractivity contribution in [1.29, 1.82) is 0 Å². The number of ether oxygens (including phenoxy) is 1. The summed E-state index contributed by atoms with van der Waals surface area (Å²) in [5.74, 6) is 0.420. The Morgan fingerprint density at radius 2 is 2.00 bits per heavy atom. The molecule has 0 bridgehead atoms. The van der Waals surface area contributed by atoms with Crippen molar-refractivity contribution in [3.8, 4) is 16.9 Å². The fraction of sp³-hybridized carbons (Fsp3) is 0.294. The molecule has 2 aromatic carbocycles. The number of nitrogens with two attached hydrogens (primary N) is 1. The third kappa shape index (κ3) is 2.99. The molecule has 1 aliphatic heterocycles. The molecule has 0 amide bonds. The number of alkyl halides is 3. The van der Waals surface area contributed by atoms with Crippen LogP contribution in [0.2, 0.25) is 0 Å². The number of benzene rings is 2. The van der Waals surface area contributed by atoms with Gasteiger partial charge < -0.3 is 15.8 Å². The van der Waals surface area contributed by atoms with E-state index in [1.54, 1.807) is 31.2 Å². The van der Waals surface area contributed by atoms with E-state index in [-0.39, 0.29) is 11.7 Å². The zero-order chi connectivity index (χ0) is 16.6. The van der Waals surface area contributed by atoms with Gasteiger partial charge in [0.1, 0.15) is 6.10 Å². The molecule has 0 spiro atoms. The number of nitrogens with one attached hydrogen (secondary N) is 1. The van der Waals surface area contributed by atoms with Gasteiger partial charge in [-0.05, 0) is 24.6 Å². The lowest BCUT2D eigenvalue weighted by Crippen LogP contribution is -2.37. The lowest BCUT2D eigenvalue weighted by molar-refractivity contribution is -0.137. The summed E-state index contributed by atoms with van der Waals surface area (Å²) in [5.41, 5.74) is 6.73. The highest BCUT2D eigenvalue weighted by molar-refractivity contribution is 5.81. The second-order valence-electron chi connectivity index (χ2n) is 5.59. The Hall–Kier alpha value is -2.21. The van der Waals surface area contributed by atoms with Gasteiger partial charge in [0, 0.05) is 12.1 Å². The zero-order valence-electron chi connectivity index (χ0n) is 12.6. The lowest BCUT2D eigenvalue weighted by atomic mass is 9.95. The van der Waals surface area contributed by atoms with E-state index in [1.807, 2.05) is 0 Å². The van der Waals surface area contributed by atoms with Crippen LogP contribution < -0.4 is 15.8 Å². The van der Waals surface area contributed by atoms with E-state index in [2.05, 4.69) is 5.32 Å². The van der Waals surface area contributed by atoms with Gasteiger partial charge in [-0.25, -0.2) is 0 Å². The van der Waals surface area contributed by atoms with Crippen LogP contribution in [-0.2, 0) is 6.18 Å². The third-order valence-corrected chi connectivity index (χ3v) is 3.85. The van der Waals surface area contributed by atoms with Gasteiger partial charge >= 0.3 is 6.18 Å². The molecule has 0 radical (unpaired) electrons. The van der Waals surface area contributed by atoms with E-state index in [0.29, 0.717) is 35.7 Å². The van der Waals surface area contributed by atoms with Crippen molar-refractivity contribution in [2.45, 2.75) is 19.2 Å². The standard InChI is InChI=1S/C17H17F3N2O/c1-10-5-6-12(14(7-10)17(18,19)20)13-3-2-4-15-16(13)23-11(8-21)9-22-15/h2-7,11,22H,8-9,21H2,1H3/t11-/m0/s1. The fourth-order valence-corrected chi connectivity index (χ4v) is 2.71. The van der Waals surface area contributed by atoms with Gasteiger partial charge in [-0.1, -0.05) is 29.8 Å². The zero-order valence-corrected chi connectivity index (χ0v) is 12.6. The summed E-state index contributed by atoms with van der Waals surface area (Å²) in [4.78, 5) is 0. The third-order valence-electron chi connectivity index (χ3n) is 3.85. The van der Waals surface area contributed by atoms with E-state index in [9.17, 15) is 13.2 Å². The first-order valence-electron chi connectivity index (χ1n) is 7.32. The first-order chi connectivity index (χ1) is 10.9. The van der Waals surface area contributed by atoms with Crippen LogP contribution in [0.1, 0.15) is 11.1 Å². The Morgan fingerprint density at radius 1 is 1.22 bits per heavy atom. The molecule has 0 aromatic heterocycles. The molecule has 0 unspecified atom stereocenters. The summed E-state index contributed by atoms with van der Waals surface area (Å²) in [6, 6.07) is 9.45. The summed E-state index contributed by atoms with van der Waals surface area (Å²) in [5, 5.41) is 3.16. The predicted molar refractivity (Wildman–Crippen MR) is 83.6 cm³/mol. The highest BCUT2D eigenvalue weighted by Gasteiger charge is 2.35. The molecule has 3 N–H and O–H groups in total. The van der Waals surface area contributed by atoms with E-state index < -0.39 is 11.7 Å². The van der Waals surface area contributed by atoms with Crippen molar-refractivity contribution < 1.29 is 17.9 Å². The average Bonchev–Trinajstić information content (AvgIpc) is 2.53. The van der Waals surface area contributed by atoms with Gasteiger partial charge in [0.25, 0.3) is 0 Å². The molecule has 0 saturated carbocycles. The summed E-state index contributed by atoms with van der Waals surface area (Å²) in [6.45, 7) is 2.47. The van der Waals surface area contributed by atoms with Gasteiger partial charge in [-0.15, -0.1) is 0 Å².